The molecule has 0 aromatic heterocycles. The SMILES string of the molecule is CCC1C(=O)NC(C(C)C)C(=O)N1CC(COC)OC. The summed E-state index contributed by atoms with van der Waals surface area (Å²) in [4.78, 5) is 26.3. The summed E-state index contributed by atoms with van der Waals surface area (Å²) in [6.45, 7) is 6.52. The molecule has 0 aromatic carbocycles. The molecule has 3 atom stereocenters. The molecule has 0 saturated carbocycles. The molecular weight excluding hydrogens is 260 g/mol. The summed E-state index contributed by atoms with van der Waals surface area (Å²) < 4.78 is 10.4. The highest BCUT2D eigenvalue weighted by Crippen LogP contribution is 2.18. The Morgan fingerprint density at radius 3 is 2.40 bits per heavy atom. The number of rotatable bonds is 7. The Hall–Kier alpha value is -1.14. The van der Waals surface area contributed by atoms with Crippen molar-refractivity contribution in [2.24, 2.45) is 5.92 Å². The average Bonchev–Trinajstić information content (AvgIpc) is 2.41. The van der Waals surface area contributed by atoms with Crippen molar-refractivity contribution in [1.29, 1.82) is 0 Å². The van der Waals surface area contributed by atoms with E-state index >= 15 is 0 Å². The molecule has 1 aliphatic rings. The van der Waals surface area contributed by atoms with Gasteiger partial charge in [-0.2, -0.15) is 0 Å². The fraction of sp³-hybridized carbons (Fsp3) is 0.857. The number of hydrogen-bond donors (Lipinski definition) is 1. The van der Waals surface area contributed by atoms with Crippen LogP contribution in [0.1, 0.15) is 27.2 Å². The standard InChI is InChI=1S/C14H26N2O4/c1-6-11-13(17)15-12(9(2)3)14(18)16(11)7-10(20-5)8-19-4/h9-12H,6-8H2,1-5H3,(H,15,17). The van der Waals surface area contributed by atoms with E-state index in [1.807, 2.05) is 20.8 Å². The van der Waals surface area contributed by atoms with Crippen molar-refractivity contribution < 1.29 is 19.1 Å². The van der Waals surface area contributed by atoms with E-state index in [-0.39, 0.29) is 23.8 Å². The molecule has 1 N–H and O–H groups in total. The lowest BCUT2D eigenvalue weighted by molar-refractivity contribution is -0.153. The summed E-state index contributed by atoms with van der Waals surface area (Å²) in [5, 5.41) is 2.82. The first kappa shape index (κ1) is 16.9. The smallest absolute Gasteiger partial charge is 0.246 e. The number of nitrogens with one attached hydrogen (secondary N) is 1. The van der Waals surface area contributed by atoms with Crippen LogP contribution in [-0.2, 0) is 19.1 Å². The molecule has 0 radical (unpaired) electrons. The fourth-order valence-corrected chi connectivity index (χ4v) is 2.46. The number of carbonyl (C=O) groups is 2. The van der Waals surface area contributed by atoms with Crippen LogP contribution in [0.2, 0.25) is 0 Å². The highest BCUT2D eigenvalue weighted by Gasteiger charge is 2.41. The number of ether oxygens (including phenoxy) is 2. The molecule has 2 amide bonds. The highest BCUT2D eigenvalue weighted by molar-refractivity contribution is 5.97. The maximum Gasteiger partial charge on any atom is 0.246 e. The van der Waals surface area contributed by atoms with Crippen molar-refractivity contribution in [3.63, 3.8) is 0 Å². The van der Waals surface area contributed by atoms with Gasteiger partial charge in [-0.3, -0.25) is 9.59 Å². The molecule has 1 aliphatic heterocycles. The highest BCUT2D eigenvalue weighted by atomic mass is 16.5. The van der Waals surface area contributed by atoms with Gasteiger partial charge in [0, 0.05) is 14.2 Å². The first-order valence-corrected chi connectivity index (χ1v) is 7.08. The van der Waals surface area contributed by atoms with Gasteiger partial charge in [0.2, 0.25) is 11.8 Å². The second-order valence-corrected chi connectivity index (χ2v) is 5.46. The summed E-state index contributed by atoms with van der Waals surface area (Å²) in [6, 6.07) is -0.877. The minimum Gasteiger partial charge on any atom is -0.382 e. The van der Waals surface area contributed by atoms with Crippen molar-refractivity contribution >= 4 is 11.8 Å². The number of piperazine rings is 1. The minimum atomic E-state index is -0.453. The first-order valence-electron chi connectivity index (χ1n) is 7.08. The third-order valence-corrected chi connectivity index (χ3v) is 3.67. The fourth-order valence-electron chi connectivity index (χ4n) is 2.46. The second kappa shape index (κ2) is 7.59. The number of carbonyl (C=O) groups excluding carboxylic acids is 2. The predicted octanol–water partition coefficient (Wildman–Crippen LogP) is 0.409. The van der Waals surface area contributed by atoms with Gasteiger partial charge in [-0.1, -0.05) is 20.8 Å². The Balaban J connectivity index is 2.90. The molecule has 1 fully saturated rings. The van der Waals surface area contributed by atoms with Crippen molar-refractivity contribution in [3.8, 4) is 0 Å². The lowest BCUT2D eigenvalue weighted by Gasteiger charge is -2.41. The molecule has 3 unspecified atom stereocenters. The van der Waals surface area contributed by atoms with E-state index in [4.69, 9.17) is 9.47 Å². The largest absolute Gasteiger partial charge is 0.382 e. The Bertz CT molecular complexity index is 346. The van der Waals surface area contributed by atoms with Gasteiger partial charge in [0.15, 0.2) is 0 Å². The van der Waals surface area contributed by atoms with Crippen LogP contribution in [0.4, 0.5) is 0 Å². The molecule has 6 nitrogen and oxygen atoms in total. The molecule has 1 heterocycles. The van der Waals surface area contributed by atoms with Gasteiger partial charge in [-0.25, -0.2) is 0 Å². The Labute approximate surface area is 120 Å². The van der Waals surface area contributed by atoms with Gasteiger partial charge in [0.05, 0.1) is 19.3 Å². The van der Waals surface area contributed by atoms with E-state index in [1.54, 1.807) is 19.1 Å². The van der Waals surface area contributed by atoms with Crippen LogP contribution in [0.3, 0.4) is 0 Å². The van der Waals surface area contributed by atoms with E-state index < -0.39 is 12.1 Å². The van der Waals surface area contributed by atoms with Crippen LogP contribution in [0.15, 0.2) is 0 Å². The van der Waals surface area contributed by atoms with Crippen LogP contribution >= 0.6 is 0 Å². The summed E-state index contributed by atoms with van der Waals surface area (Å²) >= 11 is 0. The van der Waals surface area contributed by atoms with E-state index in [2.05, 4.69) is 5.32 Å². The van der Waals surface area contributed by atoms with E-state index in [0.717, 1.165) is 0 Å². The molecule has 0 bridgehead atoms. The lowest BCUT2D eigenvalue weighted by atomic mass is 9.96. The van der Waals surface area contributed by atoms with E-state index in [9.17, 15) is 9.59 Å². The Morgan fingerprint density at radius 2 is 1.95 bits per heavy atom. The zero-order valence-electron chi connectivity index (χ0n) is 13.0. The maximum absolute atomic E-state index is 12.6. The molecule has 116 valence electrons. The monoisotopic (exact) mass is 286 g/mol. The van der Waals surface area contributed by atoms with Crippen molar-refractivity contribution in [2.45, 2.75) is 45.4 Å². The zero-order chi connectivity index (χ0) is 15.3. The topological polar surface area (TPSA) is 67.9 Å². The Morgan fingerprint density at radius 1 is 1.30 bits per heavy atom. The second-order valence-electron chi connectivity index (χ2n) is 5.46. The van der Waals surface area contributed by atoms with Gasteiger partial charge in [0.1, 0.15) is 12.1 Å². The minimum absolute atomic E-state index is 0.0374. The van der Waals surface area contributed by atoms with Gasteiger partial charge < -0.3 is 19.7 Å². The molecule has 0 aromatic rings. The number of hydrogen-bond acceptors (Lipinski definition) is 4. The number of amides is 2. The third-order valence-electron chi connectivity index (χ3n) is 3.67. The van der Waals surface area contributed by atoms with Gasteiger partial charge in [-0.05, 0) is 12.3 Å². The molecule has 1 saturated heterocycles. The summed E-state index contributed by atoms with van der Waals surface area (Å²) in [5.41, 5.74) is 0. The lowest BCUT2D eigenvalue weighted by Crippen LogP contribution is -2.65. The summed E-state index contributed by atoms with van der Waals surface area (Å²) in [7, 11) is 3.17. The first-order chi connectivity index (χ1) is 9.46. The molecule has 6 heteroatoms. The maximum atomic E-state index is 12.6. The van der Waals surface area contributed by atoms with Crippen molar-refractivity contribution in [2.75, 3.05) is 27.4 Å². The molecule has 1 rings (SSSR count). The van der Waals surface area contributed by atoms with Gasteiger partial charge in [0.25, 0.3) is 0 Å². The third kappa shape index (κ3) is 3.70. The van der Waals surface area contributed by atoms with Crippen LogP contribution in [-0.4, -0.2) is 62.3 Å². The number of nitrogens with zero attached hydrogens (tertiary/aromatic N) is 1. The van der Waals surface area contributed by atoms with Crippen LogP contribution < -0.4 is 5.32 Å². The van der Waals surface area contributed by atoms with Crippen LogP contribution in [0.25, 0.3) is 0 Å². The average molecular weight is 286 g/mol. The van der Waals surface area contributed by atoms with Gasteiger partial charge in [-0.15, -0.1) is 0 Å². The van der Waals surface area contributed by atoms with Crippen LogP contribution in [0, 0.1) is 5.92 Å². The van der Waals surface area contributed by atoms with Crippen molar-refractivity contribution in [1.82, 2.24) is 10.2 Å². The normalized spacial score (nSPS) is 25.0. The quantitative estimate of drug-likeness (QED) is 0.736. The van der Waals surface area contributed by atoms with Gasteiger partial charge >= 0.3 is 0 Å². The molecule has 0 aliphatic carbocycles. The summed E-state index contributed by atoms with van der Waals surface area (Å²) in [5.74, 6) is -0.0575. The molecule has 0 spiro atoms. The van der Waals surface area contributed by atoms with E-state index in [0.29, 0.717) is 19.6 Å². The Kier molecular flexibility index (Phi) is 6.42. The van der Waals surface area contributed by atoms with Crippen molar-refractivity contribution in [3.05, 3.63) is 0 Å². The molecular formula is C14H26N2O4. The summed E-state index contributed by atoms with van der Waals surface area (Å²) in [6.07, 6.45) is 0.364. The predicted molar refractivity (Wildman–Crippen MR) is 75.2 cm³/mol. The van der Waals surface area contributed by atoms with Crippen LogP contribution in [0.5, 0.6) is 0 Å². The molecule has 20 heavy (non-hydrogen) atoms. The zero-order valence-corrected chi connectivity index (χ0v) is 13.0. The number of methoxy groups -OCH3 is 2. The van der Waals surface area contributed by atoms with E-state index in [1.165, 1.54) is 0 Å².